The Bertz CT molecular complexity index is 666. The van der Waals surface area contributed by atoms with Gasteiger partial charge in [-0.05, 0) is 36.4 Å². The van der Waals surface area contributed by atoms with Crippen molar-refractivity contribution in [2.75, 3.05) is 6.54 Å². The van der Waals surface area contributed by atoms with Crippen molar-refractivity contribution >= 4 is 21.4 Å². The molecule has 1 aliphatic heterocycles. The van der Waals surface area contributed by atoms with Gasteiger partial charge in [0.2, 0.25) is 10.0 Å². The summed E-state index contributed by atoms with van der Waals surface area (Å²) < 4.78 is 27.7. The van der Waals surface area contributed by atoms with Crippen LogP contribution < -0.4 is 0 Å². The van der Waals surface area contributed by atoms with E-state index in [1.807, 2.05) is 23.6 Å². The Balaban J connectivity index is 2.00. The molecule has 1 fully saturated rings. The number of sulfonamides is 1. The van der Waals surface area contributed by atoms with Crippen LogP contribution in [0.5, 0.6) is 0 Å². The lowest BCUT2D eigenvalue weighted by molar-refractivity contribution is 0.333. The maximum Gasteiger partial charge on any atom is 0.243 e. The molecule has 21 heavy (non-hydrogen) atoms. The van der Waals surface area contributed by atoms with Crippen molar-refractivity contribution in [3.8, 4) is 0 Å². The topological polar surface area (TPSA) is 37.4 Å². The first-order valence-electron chi connectivity index (χ1n) is 7.30. The van der Waals surface area contributed by atoms with E-state index in [4.69, 9.17) is 0 Å². The Morgan fingerprint density at radius 1 is 1.00 bits per heavy atom. The predicted octanol–water partition coefficient (Wildman–Crippen LogP) is 4.05. The molecule has 0 aliphatic carbocycles. The highest BCUT2D eigenvalue weighted by Gasteiger charge is 2.33. The minimum atomic E-state index is -3.42. The molecule has 0 saturated carbocycles. The van der Waals surface area contributed by atoms with Crippen molar-refractivity contribution < 1.29 is 8.42 Å². The lowest BCUT2D eigenvalue weighted by Gasteiger charge is -2.28. The summed E-state index contributed by atoms with van der Waals surface area (Å²) in [7, 11) is -3.42. The molecule has 3 rings (SSSR count). The molecule has 5 heteroatoms. The molecule has 112 valence electrons. The van der Waals surface area contributed by atoms with Gasteiger partial charge in [-0.1, -0.05) is 37.1 Å². The molecule has 0 bridgehead atoms. The minimum absolute atomic E-state index is 0.0160. The minimum Gasteiger partial charge on any atom is -0.207 e. The SMILES string of the molecule is O=S(=O)(c1ccccc1)N1CCCCCC1c1cccs1. The van der Waals surface area contributed by atoms with Gasteiger partial charge in [-0.3, -0.25) is 0 Å². The summed E-state index contributed by atoms with van der Waals surface area (Å²) in [6.07, 6.45) is 4.03. The first-order valence-corrected chi connectivity index (χ1v) is 9.62. The van der Waals surface area contributed by atoms with E-state index in [0.717, 1.165) is 30.6 Å². The van der Waals surface area contributed by atoms with E-state index in [1.165, 1.54) is 0 Å². The quantitative estimate of drug-likeness (QED) is 0.855. The molecule has 3 nitrogen and oxygen atoms in total. The summed E-state index contributed by atoms with van der Waals surface area (Å²) >= 11 is 1.65. The number of nitrogens with zero attached hydrogens (tertiary/aromatic N) is 1. The van der Waals surface area contributed by atoms with Gasteiger partial charge in [-0.25, -0.2) is 8.42 Å². The molecule has 0 radical (unpaired) electrons. The van der Waals surface area contributed by atoms with Gasteiger partial charge in [-0.15, -0.1) is 11.3 Å². The van der Waals surface area contributed by atoms with Crippen LogP contribution in [0, 0.1) is 0 Å². The van der Waals surface area contributed by atoms with Gasteiger partial charge < -0.3 is 0 Å². The number of hydrogen-bond donors (Lipinski definition) is 0. The fourth-order valence-corrected chi connectivity index (χ4v) is 5.50. The van der Waals surface area contributed by atoms with Gasteiger partial charge in [0.1, 0.15) is 0 Å². The maximum absolute atomic E-state index is 13.0. The Kier molecular flexibility index (Phi) is 4.42. The van der Waals surface area contributed by atoms with Crippen LogP contribution in [0.1, 0.15) is 36.6 Å². The van der Waals surface area contributed by atoms with E-state index in [-0.39, 0.29) is 6.04 Å². The summed E-state index contributed by atoms with van der Waals surface area (Å²) in [6.45, 7) is 0.611. The second-order valence-corrected chi connectivity index (χ2v) is 8.18. The van der Waals surface area contributed by atoms with Crippen LogP contribution in [0.15, 0.2) is 52.7 Å². The molecule has 0 amide bonds. The molecular weight excluding hydrogens is 302 g/mol. The second kappa shape index (κ2) is 6.30. The van der Waals surface area contributed by atoms with Crippen molar-refractivity contribution in [1.82, 2.24) is 4.31 Å². The molecule has 1 aromatic heterocycles. The van der Waals surface area contributed by atoms with Crippen LogP contribution in [0.4, 0.5) is 0 Å². The van der Waals surface area contributed by atoms with E-state index >= 15 is 0 Å². The molecule has 1 atom stereocenters. The van der Waals surface area contributed by atoms with E-state index in [2.05, 4.69) is 0 Å². The van der Waals surface area contributed by atoms with E-state index in [1.54, 1.807) is 39.9 Å². The van der Waals surface area contributed by atoms with Gasteiger partial charge >= 0.3 is 0 Å². The van der Waals surface area contributed by atoms with E-state index in [0.29, 0.717) is 11.4 Å². The molecule has 0 N–H and O–H groups in total. The zero-order valence-electron chi connectivity index (χ0n) is 11.8. The molecule has 2 aromatic rings. The summed E-state index contributed by atoms with van der Waals surface area (Å²) in [5.41, 5.74) is 0. The Labute approximate surface area is 130 Å². The fourth-order valence-electron chi connectivity index (χ4n) is 2.86. The van der Waals surface area contributed by atoms with Crippen LogP contribution in [-0.2, 0) is 10.0 Å². The van der Waals surface area contributed by atoms with Crippen LogP contribution in [-0.4, -0.2) is 19.3 Å². The molecule has 1 aromatic carbocycles. The smallest absolute Gasteiger partial charge is 0.207 e. The summed E-state index contributed by atoms with van der Waals surface area (Å²) in [5.74, 6) is 0. The van der Waals surface area contributed by atoms with E-state index < -0.39 is 10.0 Å². The standard InChI is InChI=1S/C16H19NO2S2/c18-21(19,14-8-3-1-4-9-14)17-12-6-2-5-10-15(17)16-11-7-13-20-16/h1,3-4,7-9,11,13,15H,2,5-6,10,12H2. The largest absolute Gasteiger partial charge is 0.243 e. The van der Waals surface area contributed by atoms with Crippen LogP contribution in [0.3, 0.4) is 0 Å². The van der Waals surface area contributed by atoms with E-state index in [9.17, 15) is 8.42 Å². The first kappa shape index (κ1) is 14.8. The summed E-state index contributed by atoms with van der Waals surface area (Å²) in [4.78, 5) is 1.55. The van der Waals surface area contributed by atoms with Crippen LogP contribution >= 0.6 is 11.3 Å². The van der Waals surface area contributed by atoms with Crippen molar-refractivity contribution in [2.24, 2.45) is 0 Å². The van der Waals surface area contributed by atoms with Crippen LogP contribution in [0.2, 0.25) is 0 Å². The molecule has 0 spiro atoms. The predicted molar refractivity (Wildman–Crippen MR) is 85.9 cm³/mol. The number of benzene rings is 1. The van der Waals surface area contributed by atoms with Crippen molar-refractivity contribution in [1.29, 1.82) is 0 Å². The maximum atomic E-state index is 13.0. The Hall–Kier alpha value is -1.17. The Morgan fingerprint density at radius 3 is 2.52 bits per heavy atom. The molecule has 1 aliphatic rings. The molecule has 1 saturated heterocycles. The van der Waals surface area contributed by atoms with Crippen molar-refractivity contribution in [3.05, 3.63) is 52.7 Å². The van der Waals surface area contributed by atoms with Gasteiger partial charge in [0.15, 0.2) is 0 Å². The van der Waals surface area contributed by atoms with Gasteiger partial charge in [0.05, 0.1) is 10.9 Å². The average molecular weight is 321 g/mol. The average Bonchev–Trinajstić information content (AvgIpc) is 2.92. The third-order valence-electron chi connectivity index (χ3n) is 3.93. The summed E-state index contributed by atoms with van der Waals surface area (Å²) in [6, 6.07) is 12.8. The van der Waals surface area contributed by atoms with Gasteiger partial charge in [0, 0.05) is 11.4 Å². The lowest BCUT2D eigenvalue weighted by atomic mass is 10.1. The molecular formula is C16H19NO2S2. The number of hydrogen-bond acceptors (Lipinski definition) is 3. The highest BCUT2D eigenvalue weighted by Crippen LogP contribution is 2.36. The van der Waals surface area contributed by atoms with Crippen molar-refractivity contribution in [3.63, 3.8) is 0 Å². The highest BCUT2D eigenvalue weighted by molar-refractivity contribution is 7.89. The lowest BCUT2D eigenvalue weighted by Crippen LogP contribution is -2.34. The van der Waals surface area contributed by atoms with Gasteiger partial charge in [0.25, 0.3) is 0 Å². The zero-order chi connectivity index (χ0) is 14.7. The first-order chi connectivity index (χ1) is 10.2. The summed E-state index contributed by atoms with van der Waals surface area (Å²) in [5, 5.41) is 2.02. The second-order valence-electron chi connectivity index (χ2n) is 5.31. The van der Waals surface area contributed by atoms with Crippen molar-refractivity contribution in [2.45, 2.75) is 36.6 Å². The van der Waals surface area contributed by atoms with Crippen LogP contribution in [0.25, 0.3) is 0 Å². The highest BCUT2D eigenvalue weighted by atomic mass is 32.2. The Morgan fingerprint density at radius 2 is 1.81 bits per heavy atom. The normalized spacial score (nSPS) is 21.0. The third kappa shape index (κ3) is 3.05. The molecule has 1 unspecified atom stereocenters. The monoisotopic (exact) mass is 321 g/mol. The third-order valence-corrected chi connectivity index (χ3v) is 6.82. The number of rotatable bonds is 3. The van der Waals surface area contributed by atoms with Gasteiger partial charge in [-0.2, -0.15) is 4.31 Å². The molecule has 2 heterocycles. The fraction of sp³-hybridized carbons (Fsp3) is 0.375. The number of thiophene rings is 1. The zero-order valence-corrected chi connectivity index (χ0v) is 13.4.